The molecule has 6 heteroatoms. The number of carbonyl (C=O) groups excluding carboxylic acids is 3. The maximum absolute atomic E-state index is 12.0. The van der Waals surface area contributed by atoms with Gasteiger partial charge in [0, 0.05) is 23.9 Å². The van der Waals surface area contributed by atoms with Gasteiger partial charge in [-0.2, -0.15) is 0 Å². The minimum absolute atomic E-state index is 0.239. The fraction of sp³-hybridized carbons (Fsp3) is 0.174. The van der Waals surface area contributed by atoms with Crippen LogP contribution in [0.3, 0.4) is 0 Å². The molecule has 0 saturated carbocycles. The SMILES string of the molecule is O=C1C=CC(=O)N1c1ccccc1CCCc1cccc(N2C(=O)C=CC2O)c1. The van der Waals surface area contributed by atoms with E-state index in [1.54, 1.807) is 12.1 Å². The second-order valence-electron chi connectivity index (χ2n) is 6.98. The second kappa shape index (κ2) is 7.85. The highest BCUT2D eigenvalue weighted by Gasteiger charge is 2.27. The molecule has 0 aromatic heterocycles. The molecule has 2 heterocycles. The number of aliphatic hydroxyl groups excluding tert-OH is 1. The van der Waals surface area contributed by atoms with Crippen LogP contribution in [-0.4, -0.2) is 29.1 Å². The van der Waals surface area contributed by atoms with Crippen LogP contribution in [0, 0.1) is 0 Å². The molecule has 0 fully saturated rings. The third-order valence-corrected chi connectivity index (χ3v) is 5.05. The van der Waals surface area contributed by atoms with Gasteiger partial charge in [-0.05, 0) is 54.7 Å². The van der Waals surface area contributed by atoms with Crippen molar-refractivity contribution in [2.24, 2.45) is 0 Å². The summed E-state index contributed by atoms with van der Waals surface area (Å²) in [5.41, 5.74) is 3.26. The zero-order valence-corrected chi connectivity index (χ0v) is 15.7. The van der Waals surface area contributed by atoms with Crippen molar-refractivity contribution in [2.45, 2.75) is 25.5 Å². The number of imide groups is 1. The summed E-state index contributed by atoms with van der Waals surface area (Å²) in [5, 5.41) is 9.96. The van der Waals surface area contributed by atoms with Crippen LogP contribution in [0.5, 0.6) is 0 Å². The summed E-state index contributed by atoms with van der Waals surface area (Å²) in [6.07, 6.45) is 6.72. The topological polar surface area (TPSA) is 77.9 Å². The normalized spacial score (nSPS) is 18.4. The first kappa shape index (κ1) is 18.8. The Morgan fingerprint density at radius 2 is 1.59 bits per heavy atom. The Morgan fingerprint density at radius 1 is 0.828 bits per heavy atom. The Labute approximate surface area is 168 Å². The fourth-order valence-electron chi connectivity index (χ4n) is 3.67. The minimum Gasteiger partial charge on any atom is -0.369 e. The van der Waals surface area contributed by atoms with Gasteiger partial charge < -0.3 is 5.11 Å². The number of nitrogens with zero attached hydrogens (tertiary/aromatic N) is 2. The van der Waals surface area contributed by atoms with Gasteiger partial charge in [-0.15, -0.1) is 0 Å². The lowest BCUT2D eigenvalue weighted by molar-refractivity contribution is -0.120. The van der Waals surface area contributed by atoms with Crippen molar-refractivity contribution < 1.29 is 19.5 Å². The van der Waals surface area contributed by atoms with Gasteiger partial charge in [-0.1, -0.05) is 30.3 Å². The summed E-state index contributed by atoms with van der Waals surface area (Å²) >= 11 is 0. The van der Waals surface area contributed by atoms with E-state index >= 15 is 0 Å². The Hall–Kier alpha value is -3.51. The van der Waals surface area contributed by atoms with Gasteiger partial charge in [0.05, 0.1) is 5.69 Å². The van der Waals surface area contributed by atoms with Crippen LogP contribution in [0.15, 0.2) is 72.8 Å². The molecule has 2 aliphatic rings. The molecule has 1 N–H and O–H groups in total. The van der Waals surface area contributed by atoms with Crippen LogP contribution in [0.25, 0.3) is 0 Å². The second-order valence-corrected chi connectivity index (χ2v) is 6.98. The van der Waals surface area contributed by atoms with E-state index in [0.717, 1.165) is 24.0 Å². The number of aryl methyl sites for hydroxylation is 2. The standard InChI is InChI=1S/C23H20N2O4/c26-20-11-12-21(27)24(20)18-9-4-6-16(15-18)5-3-8-17-7-1-2-10-19(17)25-22(28)13-14-23(25)29/h1-2,4,6-7,9-15,20,26H,3,5,8H2. The van der Waals surface area contributed by atoms with Gasteiger partial charge in [0.15, 0.2) is 6.23 Å². The average Bonchev–Trinajstić information content (AvgIpc) is 3.23. The van der Waals surface area contributed by atoms with Gasteiger partial charge >= 0.3 is 0 Å². The zero-order chi connectivity index (χ0) is 20.4. The van der Waals surface area contributed by atoms with Crippen molar-refractivity contribution in [3.63, 3.8) is 0 Å². The van der Waals surface area contributed by atoms with E-state index in [1.807, 2.05) is 36.4 Å². The van der Waals surface area contributed by atoms with E-state index in [1.165, 1.54) is 34.1 Å². The van der Waals surface area contributed by atoms with Crippen molar-refractivity contribution in [1.29, 1.82) is 0 Å². The number of anilines is 2. The van der Waals surface area contributed by atoms with Gasteiger partial charge in [-0.3, -0.25) is 19.3 Å². The van der Waals surface area contributed by atoms with Gasteiger partial charge in [0.1, 0.15) is 0 Å². The maximum Gasteiger partial charge on any atom is 0.258 e. The number of aliphatic hydroxyl groups is 1. The molecule has 0 saturated heterocycles. The Kier molecular flexibility index (Phi) is 5.10. The maximum atomic E-state index is 12.0. The molecule has 4 rings (SSSR count). The van der Waals surface area contributed by atoms with E-state index in [-0.39, 0.29) is 17.7 Å². The van der Waals surface area contributed by atoms with Gasteiger partial charge in [0.25, 0.3) is 17.7 Å². The molecule has 0 spiro atoms. The highest BCUT2D eigenvalue weighted by atomic mass is 16.3. The molecule has 0 radical (unpaired) electrons. The molecule has 0 aliphatic carbocycles. The summed E-state index contributed by atoms with van der Waals surface area (Å²) in [4.78, 5) is 38.5. The highest BCUT2D eigenvalue weighted by Crippen LogP contribution is 2.26. The quantitative estimate of drug-likeness (QED) is 0.772. The van der Waals surface area contributed by atoms with Crippen molar-refractivity contribution in [3.8, 4) is 0 Å². The Bertz CT molecular complexity index is 1020. The molecular formula is C23H20N2O4. The lowest BCUT2D eigenvalue weighted by Crippen LogP contribution is -2.33. The monoisotopic (exact) mass is 388 g/mol. The molecular weight excluding hydrogens is 368 g/mol. The number of benzene rings is 2. The summed E-state index contributed by atoms with van der Waals surface area (Å²) in [6.45, 7) is 0. The summed E-state index contributed by atoms with van der Waals surface area (Å²) in [5.74, 6) is -0.882. The van der Waals surface area contributed by atoms with Crippen LogP contribution in [0.4, 0.5) is 11.4 Å². The molecule has 1 atom stereocenters. The number of para-hydroxylation sites is 1. The molecule has 6 nitrogen and oxygen atoms in total. The smallest absolute Gasteiger partial charge is 0.258 e. The molecule has 29 heavy (non-hydrogen) atoms. The van der Waals surface area contributed by atoms with E-state index < -0.39 is 6.23 Å². The van der Waals surface area contributed by atoms with Crippen LogP contribution in [0.1, 0.15) is 17.5 Å². The van der Waals surface area contributed by atoms with Crippen molar-refractivity contribution in [3.05, 3.63) is 84.0 Å². The molecule has 2 aromatic carbocycles. The first-order valence-electron chi connectivity index (χ1n) is 9.47. The fourth-order valence-corrected chi connectivity index (χ4v) is 3.67. The van der Waals surface area contributed by atoms with E-state index in [0.29, 0.717) is 17.8 Å². The molecule has 2 aliphatic heterocycles. The van der Waals surface area contributed by atoms with Crippen molar-refractivity contribution >= 4 is 29.1 Å². The lowest BCUT2D eigenvalue weighted by Gasteiger charge is -2.21. The average molecular weight is 388 g/mol. The lowest BCUT2D eigenvalue weighted by atomic mass is 10.0. The molecule has 0 bridgehead atoms. The van der Waals surface area contributed by atoms with Gasteiger partial charge in [-0.25, -0.2) is 4.90 Å². The predicted octanol–water partition coefficient (Wildman–Crippen LogP) is 2.51. The van der Waals surface area contributed by atoms with Gasteiger partial charge in [0.2, 0.25) is 0 Å². The summed E-state index contributed by atoms with van der Waals surface area (Å²) in [6, 6.07) is 15.0. The third-order valence-electron chi connectivity index (χ3n) is 5.05. The van der Waals surface area contributed by atoms with Crippen molar-refractivity contribution in [2.75, 3.05) is 9.80 Å². The summed E-state index contributed by atoms with van der Waals surface area (Å²) < 4.78 is 0. The first-order valence-corrected chi connectivity index (χ1v) is 9.47. The van der Waals surface area contributed by atoms with Crippen LogP contribution < -0.4 is 9.80 Å². The van der Waals surface area contributed by atoms with Crippen LogP contribution in [0.2, 0.25) is 0 Å². The molecule has 2 aromatic rings. The van der Waals surface area contributed by atoms with Crippen LogP contribution in [-0.2, 0) is 27.2 Å². The number of rotatable bonds is 6. The Morgan fingerprint density at radius 3 is 2.31 bits per heavy atom. The van der Waals surface area contributed by atoms with Crippen LogP contribution >= 0.6 is 0 Å². The first-order chi connectivity index (χ1) is 14.0. The zero-order valence-electron chi connectivity index (χ0n) is 15.7. The van der Waals surface area contributed by atoms with E-state index in [2.05, 4.69) is 0 Å². The number of amides is 3. The highest BCUT2D eigenvalue weighted by molar-refractivity contribution is 6.28. The molecule has 1 unspecified atom stereocenters. The van der Waals surface area contributed by atoms with Crippen molar-refractivity contribution in [1.82, 2.24) is 0 Å². The summed E-state index contributed by atoms with van der Waals surface area (Å²) in [7, 11) is 0. The van der Waals surface area contributed by atoms with E-state index in [4.69, 9.17) is 0 Å². The third kappa shape index (κ3) is 3.75. The minimum atomic E-state index is -0.936. The molecule has 3 amide bonds. The predicted molar refractivity (Wildman–Crippen MR) is 109 cm³/mol. The number of hydrogen-bond donors (Lipinski definition) is 1. The van der Waals surface area contributed by atoms with E-state index in [9.17, 15) is 19.5 Å². The number of carbonyl (C=O) groups is 3. The number of hydrogen-bond acceptors (Lipinski definition) is 4. The largest absolute Gasteiger partial charge is 0.369 e. The molecule has 146 valence electrons. The Balaban J connectivity index is 1.44.